The molecule has 0 aliphatic heterocycles. The molecule has 0 aromatic rings. The molecule has 0 saturated heterocycles. The Morgan fingerprint density at radius 2 is 1.33 bits per heavy atom. The fourth-order valence-corrected chi connectivity index (χ4v) is 0. The Kier molecular flexibility index (Phi) is 21.2. The topological polar surface area (TPSA) is 121 Å². The zero-order valence-corrected chi connectivity index (χ0v) is 7.81. The molecule has 0 saturated carbocycles. The first-order chi connectivity index (χ1) is 3.46. The van der Waals surface area contributed by atoms with Gasteiger partial charge < -0.3 is 30.1 Å². The van der Waals surface area contributed by atoms with Gasteiger partial charge in [-0.15, -0.1) is 0 Å². The van der Waals surface area contributed by atoms with Crippen molar-refractivity contribution in [2.45, 2.75) is 0 Å². The molecule has 4 N–H and O–H groups in total. The van der Waals surface area contributed by atoms with E-state index in [2.05, 4.69) is 0 Å². The largest absolute Gasteiger partial charge is 1.00 e. The minimum absolute atomic E-state index is 0. The maximum atomic E-state index is 8.44. The van der Waals surface area contributed by atoms with Crippen LogP contribution in [0.15, 0.2) is 0 Å². The molecule has 0 radical (unpaired) electrons. The monoisotopic (exact) mass is 162 g/mol. The normalized spacial score (nSPS) is 5.67. The van der Waals surface area contributed by atoms with E-state index in [1.54, 1.807) is 0 Å². The predicted octanol–water partition coefficient (Wildman–Crippen LogP) is -6.16. The average molecular weight is 162 g/mol. The van der Waals surface area contributed by atoms with Gasteiger partial charge >= 0.3 is 58.7 Å². The minimum atomic E-state index is -2.17. The van der Waals surface area contributed by atoms with Crippen molar-refractivity contribution >= 4 is 13.5 Å². The van der Waals surface area contributed by atoms with Gasteiger partial charge in [-0.1, -0.05) is 0 Å². The molecule has 0 heterocycles. The Bertz CT molecular complexity index is 57.3. The molecule has 0 aliphatic rings. The van der Waals surface area contributed by atoms with Crippen molar-refractivity contribution in [3.05, 3.63) is 0 Å². The standard InChI is InChI=1S/CH2O3.BH3O3.K/c2*2-1(3)4;/h(H2,2,3,4);2-4H;/q;;+1/p-1. The number of carbonyl (C=O) groups is 1. The number of carboxylic acid groups (broad SMARTS) is 2. The first-order valence-electron chi connectivity index (χ1n) is 1.41. The van der Waals surface area contributed by atoms with Gasteiger partial charge in [0.2, 0.25) is 6.16 Å². The van der Waals surface area contributed by atoms with Crippen LogP contribution in [0.25, 0.3) is 0 Å². The number of hydrogen-bond donors (Lipinski definition) is 4. The van der Waals surface area contributed by atoms with Crippen LogP contribution in [0.1, 0.15) is 0 Å². The molecule has 0 aromatic carbocycles. The van der Waals surface area contributed by atoms with Crippen LogP contribution in [0.2, 0.25) is 0 Å². The van der Waals surface area contributed by atoms with Crippen molar-refractivity contribution in [1.29, 1.82) is 0 Å². The second-order valence-corrected chi connectivity index (χ2v) is 0.612. The Morgan fingerprint density at radius 1 is 1.33 bits per heavy atom. The predicted molar refractivity (Wildman–Crippen MR) is 20.4 cm³/mol. The smallest absolute Gasteiger partial charge is 0.565 e. The summed E-state index contributed by atoms with van der Waals surface area (Å²) in [6.07, 6.45) is -2.08. The van der Waals surface area contributed by atoms with E-state index < -0.39 is 13.5 Å². The van der Waals surface area contributed by atoms with E-state index in [0.29, 0.717) is 0 Å². The van der Waals surface area contributed by atoms with Crippen molar-refractivity contribution in [3.63, 3.8) is 0 Å². The van der Waals surface area contributed by atoms with Crippen LogP contribution in [0.5, 0.6) is 0 Å². The summed E-state index contributed by atoms with van der Waals surface area (Å²) in [6, 6.07) is 0. The maximum absolute atomic E-state index is 8.44. The van der Waals surface area contributed by atoms with Gasteiger partial charge in [0.25, 0.3) is 0 Å². The molecule has 9 heavy (non-hydrogen) atoms. The molecule has 0 bridgehead atoms. The Hall–Kier alpha value is 0.851. The van der Waals surface area contributed by atoms with Crippen molar-refractivity contribution in [2.24, 2.45) is 0 Å². The SMILES string of the molecule is O=C([O-])O.OB(O)O.[K+]. The summed E-state index contributed by atoms with van der Waals surface area (Å²) in [6.45, 7) is 0. The first kappa shape index (κ1) is 16.4. The summed E-state index contributed by atoms with van der Waals surface area (Å²) < 4.78 is 0. The van der Waals surface area contributed by atoms with Gasteiger partial charge in [0.15, 0.2) is 0 Å². The molecule has 0 aliphatic carbocycles. The zero-order valence-electron chi connectivity index (χ0n) is 4.68. The maximum Gasteiger partial charge on any atom is 1.00 e. The van der Waals surface area contributed by atoms with Crippen LogP contribution in [0.4, 0.5) is 4.79 Å². The molecular weight excluding hydrogens is 158 g/mol. The molecule has 8 heteroatoms. The van der Waals surface area contributed by atoms with Crippen molar-refractivity contribution < 1.29 is 81.5 Å². The number of hydrogen-bond acceptors (Lipinski definition) is 5. The third-order valence-corrected chi connectivity index (χ3v) is 0. The first-order valence-corrected chi connectivity index (χ1v) is 1.41. The molecule has 0 aromatic heterocycles. The summed E-state index contributed by atoms with van der Waals surface area (Å²) >= 11 is 0. The van der Waals surface area contributed by atoms with E-state index in [4.69, 9.17) is 30.1 Å². The molecule has 0 spiro atoms. The van der Waals surface area contributed by atoms with Gasteiger partial charge in [-0.2, -0.15) is 0 Å². The van der Waals surface area contributed by atoms with Crippen LogP contribution < -0.4 is 56.5 Å². The quantitative estimate of drug-likeness (QED) is 0.263. The summed E-state index contributed by atoms with van der Waals surface area (Å²) in [5.41, 5.74) is 0. The van der Waals surface area contributed by atoms with E-state index in [-0.39, 0.29) is 51.4 Å². The van der Waals surface area contributed by atoms with Crippen molar-refractivity contribution in [1.82, 2.24) is 0 Å². The Balaban J connectivity index is -0.0000000720. The van der Waals surface area contributed by atoms with E-state index in [9.17, 15) is 0 Å². The molecular formula is CH4BKO6. The van der Waals surface area contributed by atoms with Crippen LogP contribution in [-0.2, 0) is 0 Å². The third kappa shape index (κ3) is 573. The molecule has 48 valence electrons. The summed E-state index contributed by atoms with van der Waals surface area (Å²) in [5.74, 6) is 0. The molecule has 0 fully saturated rings. The third-order valence-electron chi connectivity index (χ3n) is 0. The van der Waals surface area contributed by atoms with Gasteiger partial charge in [0.05, 0.1) is 0 Å². The van der Waals surface area contributed by atoms with Crippen LogP contribution in [-0.4, -0.2) is 33.7 Å². The Morgan fingerprint density at radius 3 is 1.33 bits per heavy atom. The molecule has 0 amide bonds. The van der Waals surface area contributed by atoms with Crippen LogP contribution >= 0.6 is 0 Å². The summed E-state index contributed by atoms with van der Waals surface area (Å²) in [4.78, 5) is 8.44. The minimum Gasteiger partial charge on any atom is -0.565 e. The average Bonchev–Trinajstić information content (AvgIpc) is 1.25. The fraction of sp³-hybridized carbons (Fsp3) is 0. The van der Waals surface area contributed by atoms with Gasteiger partial charge in [0, 0.05) is 0 Å². The molecule has 6 nitrogen and oxygen atoms in total. The number of rotatable bonds is 0. The van der Waals surface area contributed by atoms with Crippen LogP contribution in [0, 0.1) is 0 Å². The van der Waals surface area contributed by atoms with E-state index in [1.807, 2.05) is 0 Å². The second-order valence-electron chi connectivity index (χ2n) is 0.612. The molecule has 0 unspecified atom stereocenters. The van der Waals surface area contributed by atoms with E-state index in [1.165, 1.54) is 0 Å². The fourth-order valence-electron chi connectivity index (χ4n) is 0. The molecule has 0 rings (SSSR count). The van der Waals surface area contributed by atoms with Crippen molar-refractivity contribution in [2.75, 3.05) is 0 Å². The zero-order chi connectivity index (χ0) is 7.15. The van der Waals surface area contributed by atoms with Gasteiger partial charge in [-0.05, 0) is 0 Å². The van der Waals surface area contributed by atoms with Gasteiger partial charge in [0.1, 0.15) is 0 Å². The summed E-state index contributed by atoms with van der Waals surface area (Å²) in [5, 5.41) is 36.8. The van der Waals surface area contributed by atoms with E-state index >= 15 is 0 Å². The Labute approximate surface area is 93.7 Å². The van der Waals surface area contributed by atoms with E-state index in [0.717, 1.165) is 0 Å². The second kappa shape index (κ2) is 11.6. The van der Waals surface area contributed by atoms with Gasteiger partial charge in [-0.25, -0.2) is 0 Å². The van der Waals surface area contributed by atoms with Crippen LogP contribution in [0.3, 0.4) is 0 Å². The van der Waals surface area contributed by atoms with Gasteiger partial charge in [-0.3, -0.25) is 0 Å². The molecule has 0 atom stereocenters. The van der Waals surface area contributed by atoms with Crippen molar-refractivity contribution in [3.8, 4) is 0 Å². The summed E-state index contributed by atoms with van der Waals surface area (Å²) in [7, 11) is -2.17.